The number of carbonyl (C=O) groups is 2. The van der Waals surface area contributed by atoms with Crippen molar-refractivity contribution in [3.05, 3.63) is 11.3 Å². The molecule has 7 nitrogen and oxygen atoms in total. The van der Waals surface area contributed by atoms with Crippen LogP contribution < -0.4 is 4.74 Å². The lowest BCUT2D eigenvalue weighted by molar-refractivity contribution is -0.131. The van der Waals surface area contributed by atoms with E-state index in [0.29, 0.717) is 37.9 Å². The molecule has 0 spiro atoms. The van der Waals surface area contributed by atoms with Gasteiger partial charge in [-0.3, -0.25) is 9.69 Å². The second-order valence-electron chi connectivity index (χ2n) is 6.93. The van der Waals surface area contributed by atoms with Gasteiger partial charge in [-0.25, -0.2) is 9.48 Å². The van der Waals surface area contributed by atoms with Crippen LogP contribution in [0.1, 0.15) is 37.4 Å². The first-order valence-corrected chi connectivity index (χ1v) is 10.5. The first kappa shape index (κ1) is 19.1. The average molecular weight is 381 g/mol. The highest BCUT2D eigenvalue weighted by atomic mass is 32.2. The van der Waals surface area contributed by atoms with Crippen LogP contribution in [0.4, 0.5) is 4.79 Å². The maximum absolute atomic E-state index is 12.9. The molecule has 0 radical (unpaired) electrons. The lowest BCUT2D eigenvalue weighted by atomic mass is 10.0. The van der Waals surface area contributed by atoms with Gasteiger partial charge in [0.15, 0.2) is 0 Å². The van der Waals surface area contributed by atoms with Crippen molar-refractivity contribution in [1.82, 2.24) is 19.6 Å². The van der Waals surface area contributed by atoms with Gasteiger partial charge in [0.2, 0.25) is 11.8 Å². The smallest absolute Gasteiger partial charge is 0.327 e. The second-order valence-corrected chi connectivity index (χ2v) is 8.08. The number of nitrogens with zero attached hydrogens (tertiary/aromatic N) is 4. The van der Waals surface area contributed by atoms with Crippen LogP contribution in [-0.2, 0) is 24.8 Å². The van der Waals surface area contributed by atoms with E-state index in [-0.39, 0.29) is 11.9 Å². The van der Waals surface area contributed by atoms with E-state index < -0.39 is 0 Å². The fourth-order valence-corrected chi connectivity index (χ4v) is 5.06. The van der Waals surface area contributed by atoms with Gasteiger partial charge in [0.25, 0.3) is 0 Å². The maximum Gasteiger partial charge on any atom is 0.327 e. The molecule has 0 saturated carbocycles. The minimum Gasteiger partial charge on any atom is -0.481 e. The molecule has 1 unspecified atom stereocenters. The van der Waals surface area contributed by atoms with E-state index in [1.807, 2.05) is 25.7 Å². The molecule has 2 saturated heterocycles. The van der Waals surface area contributed by atoms with E-state index in [2.05, 4.69) is 5.10 Å². The molecule has 26 heavy (non-hydrogen) atoms. The summed E-state index contributed by atoms with van der Waals surface area (Å²) >= 11 is 1.96. The number of hydrogen-bond acceptors (Lipinski definition) is 5. The Morgan fingerprint density at radius 3 is 2.81 bits per heavy atom. The third kappa shape index (κ3) is 3.84. The Morgan fingerprint density at radius 2 is 2.15 bits per heavy atom. The van der Waals surface area contributed by atoms with Crippen molar-refractivity contribution in [2.24, 2.45) is 13.0 Å². The molecule has 0 bridgehead atoms. The van der Waals surface area contributed by atoms with E-state index in [4.69, 9.17) is 4.74 Å². The van der Waals surface area contributed by atoms with Crippen molar-refractivity contribution >= 4 is 23.7 Å². The summed E-state index contributed by atoms with van der Waals surface area (Å²) in [7, 11) is 3.46. The van der Waals surface area contributed by atoms with Crippen LogP contribution in [0.2, 0.25) is 0 Å². The minimum absolute atomic E-state index is 0.0502. The molecule has 0 aromatic carbocycles. The lowest BCUT2D eigenvalue weighted by Crippen LogP contribution is -2.52. The van der Waals surface area contributed by atoms with Crippen LogP contribution in [0.3, 0.4) is 0 Å². The zero-order chi connectivity index (χ0) is 18.7. The maximum atomic E-state index is 12.9. The van der Waals surface area contributed by atoms with Crippen molar-refractivity contribution in [1.29, 1.82) is 0 Å². The Balaban J connectivity index is 1.70. The molecule has 3 rings (SSSR count). The van der Waals surface area contributed by atoms with Gasteiger partial charge >= 0.3 is 6.03 Å². The highest BCUT2D eigenvalue weighted by Crippen LogP contribution is 2.28. The summed E-state index contributed by atoms with van der Waals surface area (Å²) < 4.78 is 7.19. The normalized spacial score (nSPS) is 21.0. The molecule has 1 atom stereocenters. The zero-order valence-electron chi connectivity index (χ0n) is 15.9. The molecule has 2 fully saturated rings. The number of urea groups is 1. The van der Waals surface area contributed by atoms with Crippen LogP contribution in [0, 0.1) is 5.92 Å². The van der Waals surface area contributed by atoms with Crippen LogP contribution in [0.15, 0.2) is 0 Å². The van der Waals surface area contributed by atoms with E-state index in [1.165, 1.54) is 17.1 Å². The van der Waals surface area contributed by atoms with E-state index in [9.17, 15) is 9.59 Å². The van der Waals surface area contributed by atoms with E-state index in [1.54, 1.807) is 16.7 Å². The number of ether oxygens (including phenoxy) is 1. The molecular weight excluding hydrogens is 352 g/mol. The summed E-state index contributed by atoms with van der Waals surface area (Å²) in [6.45, 7) is 3.46. The van der Waals surface area contributed by atoms with Crippen LogP contribution >= 0.6 is 11.8 Å². The topological polar surface area (TPSA) is 67.7 Å². The molecule has 2 aliphatic rings. The van der Waals surface area contributed by atoms with Crippen molar-refractivity contribution in [3.63, 3.8) is 0 Å². The predicted octanol–water partition coefficient (Wildman–Crippen LogP) is 2.29. The fourth-order valence-electron chi connectivity index (χ4n) is 3.72. The van der Waals surface area contributed by atoms with Crippen LogP contribution in [0.5, 0.6) is 5.88 Å². The molecule has 8 heteroatoms. The van der Waals surface area contributed by atoms with Gasteiger partial charge in [0.05, 0.1) is 24.9 Å². The summed E-state index contributed by atoms with van der Waals surface area (Å²) in [5.41, 5.74) is 1.87. The monoisotopic (exact) mass is 380 g/mol. The van der Waals surface area contributed by atoms with Gasteiger partial charge < -0.3 is 9.64 Å². The fraction of sp³-hybridized carbons (Fsp3) is 0.722. The SMILES string of the molecule is CCc1nn(C)c(OC)c1CN1CCC(=O)N(CCC2CCSC2)C1=O. The molecule has 0 N–H and O–H groups in total. The largest absolute Gasteiger partial charge is 0.481 e. The molecule has 1 aromatic rings. The van der Waals surface area contributed by atoms with Gasteiger partial charge in [-0.05, 0) is 36.7 Å². The van der Waals surface area contributed by atoms with Crippen LogP contribution in [-0.4, -0.2) is 63.2 Å². The molecule has 1 aromatic heterocycles. The Morgan fingerprint density at radius 1 is 1.35 bits per heavy atom. The number of aryl methyl sites for hydroxylation is 2. The van der Waals surface area contributed by atoms with Gasteiger partial charge in [0.1, 0.15) is 0 Å². The standard InChI is InChI=1S/C18H28N4O3S/c1-4-15-14(17(25-3)20(2)19-15)11-21-8-6-16(23)22(18(21)24)9-5-13-7-10-26-12-13/h13H,4-12H2,1-3H3. The number of thioether (sulfide) groups is 1. The van der Waals surface area contributed by atoms with Gasteiger partial charge in [0, 0.05) is 26.6 Å². The number of aromatic nitrogens is 2. The highest BCUT2D eigenvalue weighted by molar-refractivity contribution is 7.99. The summed E-state index contributed by atoms with van der Waals surface area (Å²) in [4.78, 5) is 28.4. The van der Waals surface area contributed by atoms with Crippen LogP contribution in [0.25, 0.3) is 0 Å². The van der Waals surface area contributed by atoms with Crippen molar-refractivity contribution in [3.8, 4) is 5.88 Å². The number of methoxy groups -OCH3 is 1. The Labute approximate surface area is 159 Å². The number of carbonyl (C=O) groups excluding carboxylic acids is 2. The average Bonchev–Trinajstić information content (AvgIpc) is 3.24. The van der Waals surface area contributed by atoms with E-state index >= 15 is 0 Å². The Hall–Kier alpha value is -1.70. The molecule has 3 amide bonds. The first-order valence-electron chi connectivity index (χ1n) is 9.30. The second kappa shape index (κ2) is 8.33. The number of amides is 3. The first-order chi connectivity index (χ1) is 12.5. The lowest BCUT2D eigenvalue weighted by Gasteiger charge is -2.34. The van der Waals surface area contributed by atoms with Gasteiger partial charge in [-0.1, -0.05) is 6.92 Å². The van der Waals surface area contributed by atoms with E-state index in [0.717, 1.165) is 29.9 Å². The Bertz CT molecular complexity index is 670. The van der Waals surface area contributed by atoms with Crippen molar-refractivity contribution < 1.29 is 14.3 Å². The quantitative estimate of drug-likeness (QED) is 0.726. The minimum atomic E-state index is -0.181. The summed E-state index contributed by atoms with van der Waals surface area (Å²) in [5.74, 6) is 3.60. The number of imide groups is 1. The summed E-state index contributed by atoms with van der Waals surface area (Å²) in [5, 5.41) is 4.48. The molecular formula is C18H28N4O3S. The Kier molecular flexibility index (Phi) is 6.11. The molecule has 144 valence electrons. The number of hydrogen-bond donors (Lipinski definition) is 0. The molecule has 3 heterocycles. The summed E-state index contributed by atoms with van der Waals surface area (Å²) in [6, 6.07) is -0.181. The number of rotatable bonds is 7. The third-order valence-electron chi connectivity index (χ3n) is 5.23. The van der Waals surface area contributed by atoms with Gasteiger partial charge in [-0.2, -0.15) is 16.9 Å². The summed E-state index contributed by atoms with van der Waals surface area (Å²) in [6.07, 6.45) is 3.26. The van der Waals surface area contributed by atoms with Crippen molar-refractivity contribution in [2.45, 2.75) is 39.2 Å². The van der Waals surface area contributed by atoms with Crippen molar-refractivity contribution in [2.75, 3.05) is 31.7 Å². The zero-order valence-corrected chi connectivity index (χ0v) is 16.7. The molecule has 2 aliphatic heterocycles. The predicted molar refractivity (Wildman–Crippen MR) is 101 cm³/mol. The van der Waals surface area contributed by atoms with Gasteiger partial charge in [-0.15, -0.1) is 0 Å². The molecule has 0 aliphatic carbocycles. The highest BCUT2D eigenvalue weighted by Gasteiger charge is 2.33. The third-order valence-corrected chi connectivity index (χ3v) is 6.46.